The van der Waals surface area contributed by atoms with Gasteiger partial charge in [0, 0.05) is 0 Å². The highest BCUT2D eigenvalue weighted by Crippen LogP contribution is 2.24. The summed E-state index contributed by atoms with van der Waals surface area (Å²) in [6.07, 6.45) is 1.61. The number of piperidine rings is 1. The number of likely N-dealkylation sites (tertiary alicyclic amines) is 1. The van der Waals surface area contributed by atoms with E-state index in [9.17, 15) is 14.7 Å². The van der Waals surface area contributed by atoms with E-state index in [1.54, 1.807) is 0 Å². The smallest absolute Gasteiger partial charge is 0.320 e. The summed E-state index contributed by atoms with van der Waals surface area (Å²) in [6, 6.07) is 1.31. The number of nitrogens with zero attached hydrogens (tertiary/aromatic N) is 2. The minimum absolute atomic E-state index is 0.151. The van der Waals surface area contributed by atoms with Crippen LogP contribution in [0.2, 0.25) is 0 Å². The maximum atomic E-state index is 11.9. The molecular formula is C14H17N3O3S. The lowest BCUT2D eigenvalue weighted by atomic mass is 9.92. The van der Waals surface area contributed by atoms with Crippen molar-refractivity contribution in [1.82, 2.24) is 14.9 Å². The molecule has 0 aliphatic carbocycles. The van der Waals surface area contributed by atoms with Crippen molar-refractivity contribution < 1.29 is 9.90 Å². The summed E-state index contributed by atoms with van der Waals surface area (Å²) in [5.41, 5.74) is 0.526. The molecule has 2 N–H and O–H groups in total. The molecule has 2 aromatic rings. The van der Waals surface area contributed by atoms with Crippen LogP contribution in [0.25, 0.3) is 10.2 Å². The number of rotatable bonds is 3. The molecule has 0 aromatic carbocycles. The number of thiophene rings is 1. The number of hydrogen-bond acceptors (Lipinski definition) is 5. The Morgan fingerprint density at radius 3 is 3.19 bits per heavy atom. The molecule has 1 aliphatic heterocycles. The zero-order valence-corrected chi connectivity index (χ0v) is 12.5. The number of H-pyrrole nitrogens is 1. The molecule has 21 heavy (non-hydrogen) atoms. The van der Waals surface area contributed by atoms with Crippen molar-refractivity contribution in [1.29, 1.82) is 0 Å². The number of aromatic nitrogens is 2. The second-order valence-corrected chi connectivity index (χ2v) is 6.52. The largest absolute Gasteiger partial charge is 0.480 e. The van der Waals surface area contributed by atoms with Gasteiger partial charge in [-0.05, 0) is 36.8 Å². The number of carbonyl (C=O) groups is 1. The summed E-state index contributed by atoms with van der Waals surface area (Å²) in [6.45, 7) is 3.15. The van der Waals surface area contributed by atoms with Crippen LogP contribution < -0.4 is 5.56 Å². The highest BCUT2D eigenvalue weighted by Gasteiger charge is 2.32. The van der Waals surface area contributed by atoms with E-state index < -0.39 is 12.0 Å². The number of fused-ring (bicyclic) bond motifs is 1. The molecule has 2 unspecified atom stereocenters. The highest BCUT2D eigenvalue weighted by atomic mass is 32.1. The van der Waals surface area contributed by atoms with E-state index >= 15 is 0 Å². The molecule has 3 rings (SSSR count). The van der Waals surface area contributed by atoms with Gasteiger partial charge in [0.2, 0.25) is 0 Å². The van der Waals surface area contributed by atoms with Gasteiger partial charge in [-0.15, -0.1) is 11.3 Å². The van der Waals surface area contributed by atoms with Gasteiger partial charge in [0.15, 0.2) is 0 Å². The topological polar surface area (TPSA) is 86.3 Å². The first-order valence-corrected chi connectivity index (χ1v) is 7.86. The van der Waals surface area contributed by atoms with Gasteiger partial charge in [-0.25, -0.2) is 4.98 Å². The van der Waals surface area contributed by atoms with Crippen molar-refractivity contribution in [3.05, 3.63) is 27.6 Å². The molecule has 0 amide bonds. The summed E-state index contributed by atoms with van der Waals surface area (Å²) >= 11 is 1.36. The van der Waals surface area contributed by atoms with Crippen molar-refractivity contribution in [3.8, 4) is 0 Å². The van der Waals surface area contributed by atoms with Crippen LogP contribution in [-0.4, -0.2) is 38.5 Å². The fraction of sp³-hybridized carbons (Fsp3) is 0.500. The number of hydrogen-bond donors (Lipinski definition) is 2. The molecule has 1 fully saturated rings. The van der Waals surface area contributed by atoms with Gasteiger partial charge in [-0.1, -0.05) is 6.92 Å². The third-order valence-electron chi connectivity index (χ3n) is 3.98. The van der Waals surface area contributed by atoms with E-state index in [0.717, 1.165) is 6.42 Å². The number of carboxylic acid groups (broad SMARTS) is 1. The van der Waals surface area contributed by atoms with Crippen LogP contribution in [-0.2, 0) is 11.3 Å². The third kappa shape index (κ3) is 2.84. The normalized spacial score (nSPS) is 23.5. The van der Waals surface area contributed by atoms with Gasteiger partial charge in [0.05, 0.1) is 12.1 Å². The summed E-state index contributed by atoms with van der Waals surface area (Å²) in [5, 5.41) is 11.2. The maximum absolute atomic E-state index is 11.9. The Labute approximate surface area is 125 Å². The number of aliphatic carboxylic acids is 1. The van der Waals surface area contributed by atoms with E-state index in [4.69, 9.17) is 0 Å². The lowest BCUT2D eigenvalue weighted by Gasteiger charge is -2.35. The number of aromatic amines is 1. The SMILES string of the molecule is CC1CCN(Cc2nc3ccsc3c(=O)[nH]2)C(C(=O)O)C1. The average Bonchev–Trinajstić information content (AvgIpc) is 2.89. The van der Waals surface area contributed by atoms with Crippen molar-refractivity contribution in [2.24, 2.45) is 5.92 Å². The first-order chi connectivity index (χ1) is 10.0. The molecule has 0 radical (unpaired) electrons. The zero-order valence-electron chi connectivity index (χ0n) is 11.7. The van der Waals surface area contributed by atoms with E-state index in [1.807, 2.05) is 16.3 Å². The fourth-order valence-corrected chi connectivity index (χ4v) is 3.55. The van der Waals surface area contributed by atoms with Gasteiger partial charge in [0.1, 0.15) is 16.6 Å². The van der Waals surface area contributed by atoms with E-state index in [-0.39, 0.29) is 5.56 Å². The van der Waals surface area contributed by atoms with Crippen LogP contribution in [0.5, 0.6) is 0 Å². The van der Waals surface area contributed by atoms with Crippen LogP contribution in [0.15, 0.2) is 16.2 Å². The zero-order chi connectivity index (χ0) is 15.0. The van der Waals surface area contributed by atoms with Crippen LogP contribution in [0.4, 0.5) is 0 Å². The predicted octanol–water partition coefficient (Wildman–Crippen LogP) is 1.67. The second-order valence-electron chi connectivity index (χ2n) is 5.60. The standard InChI is InChI=1S/C14H17N3O3S/c1-8-2-4-17(10(6-8)14(19)20)7-11-15-9-3-5-21-12(9)13(18)16-11/h3,5,8,10H,2,4,6-7H2,1H3,(H,19,20)(H,15,16,18). The van der Waals surface area contributed by atoms with Crippen molar-refractivity contribution in [3.63, 3.8) is 0 Å². The number of carboxylic acids is 1. The van der Waals surface area contributed by atoms with Gasteiger partial charge in [0.25, 0.3) is 5.56 Å². The Hall–Kier alpha value is -1.73. The molecule has 7 heteroatoms. The van der Waals surface area contributed by atoms with Crippen LogP contribution in [0.1, 0.15) is 25.6 Å². The summed E-state index contributed by atoms with van der Waals surface area (Å²) in [7, 11) is 0. The Morgan fingerprint density at radius 2 is 2.43 bits per heavy atom. The van der Waals surface area contributed by atoms with Gasteiger partial charge < -0.3 is 10.1 Å². The molecular weight excluding hydrogens is 290 g/mol. The highest BCUT2D eigenvalue weighted by molar-refractivity contribution is 7.17. The summed E-state index contributed by atoms with van der Waals surface area (Å²) in [4.78, 5) is 32.4. The molecule has 2 atom stereocenters. The Kier molecular flexibility index (Phi) is 3.77. The third-order valence-corrected chi connectivity index (χ3v) is 4.88. The molecule has 0 bridgehead atoms. The summed E-state index contributed by atoms with van der Waals surface area (Å²) < 4.78 is 0.612. The molecule has 1 aliphatic rings. The van der Waals surface area contributed by atoms with Crippen LogP contribution in [0, 0.1) is 5.92 Å². The Bertz CT molecular complexity index is 724. The minimum atomic E-state index is -0.805. The molecule has 6 nitrogen and oxygen atoms in total. The van der Waals surface area contributed by atoms with E-state index in [2.05, 4.69) is 16.9 Å². The first-order valence-electron chi connectivity index (χ1n) is 6.98. The van der Waals surface area contributed by atoms with Gasteiger partial charge >= 0.3 is 5.97 Å². The maximum Gasteiger partial charge on any atom is 0.320 e. The molecule has 112 valence electrons. The lowest BCUT2D eigenvalue weighted by Crippen LogP contribution is -2.46. The average molecular weight is 307 g/mol. The monoisotopic (exact) mass is 307 g/mol. The van der Waals surface area contributed by atoms with Gasteiger partial charge in [-0.2, -0.15) is 0 Å². The minimum Gasteiger partial charge on any atom is -0.480 e. The van der Waals surface area contributed by atoms with Gasteiger partial charge in [-0.3, -0.25) is 14.5 Å². The van der Waals surface area contributed by atoms with Crippen LogP contribution in [0.3, 0.4) is 0 Å². The first kappa shape index (κ1) is 14.2. The quantitative estimate of drug-likeness (QED) is 0.901. The fourth-order valence-electron chi connectivity index (χ4n) is 2.83. The van der Waals surface area contributed by atoms with Crippen molar-refractivity contribution in [2.75, 3.05) is 6.54 Å². The molecule has 0 spiro atoms. The molecule has 0 saturated carbocycles. The predicted molar refractivity (Wildman–Crippen MR) is 80.5 cm³/mol. The summed E-state index contributed by atoms with van der Waals surface area (Å²) in [5.74, 6) is 0.140. The lowest BCUT2D eigenvalue weighted by molar-refractivity contribution is -0.145. The van der Waals surface area contributed by atoms with E-state index in [1.165, 1.54) is 11.3 Å². The molecule has 2 aromatic heterocycles. The Balaban J connectivity index is 1.86. The molecule has 1 saturated heterocycles. The van der Waals surface area contributed by atoms with Crippen molar-refractivity contribution >= 4 is 27.5 Å². The van der Waals surface area contributed by atoms with E-state index in [0.29, 0.717) is 41.5 Å². The molecule has 3 heterocycles. The Morgan fingerprint density at radius 1 is 1.62 bits per heavy atom. The number of nitrogens with one attached hydrogen (secondary N) is 1. The van der Waals surface area contributed by atoms with Crippen molar-refractivity contribution in [2.45, 2.75) is 32.4 Å². The second kappa shape index (κ2) is 5.57. The van der Waals surface area contributed by atoms with Crippen LogP contribution >= 0.6 is 11.3 Å².